The third kappa shape index (κ3) is 3.14. The maximum absolute atomic E-state index is 9.83. The van der Waals surface area contributed by atoms with E-state index in [-0.39, 0.29) is 13.2 Å². The first-order valence-electron chi connectivity index (χ1n) is 5.54. The van der Waals surface area contributed by atoms with Crippen LogP contribution in [0.3, 0.4) is 0 Å². The number of para-hydroxylation sites is 1. The van der Waals surface area contributed by atoms with Crippen molar-refractivity contribution in [2.75, 3.05) is 6.61 Å². The molecule has 0 fully saturated rings. The fourth-order valence-electron chi connectivity index (χ4n) is 1.45. The first-order valence-corrected chi connectivity index (χ1v) is 5.54. The Balaban J connectivity index is 1.86. The van der Waals surface area contributed by atoms with E-state index in [2.05, 4.69) is 22.1 Å². The highest BCUT2D eigenvalue weighted by molar-refractivity contribution is 5.34. The second-order valence-corrected chi connectivity index (χ2v) is 3.70. The Bertz CT molecular complexity index is 498. The first kappa shape index (κ1) is 12.3. The van der Waals surface area contributed by atoms with Crippen LogP contribution in [0.5, 0.6) is 5.75 Å². The van der Waals surface area contributed by atoms with Crippen molar-refractivity contribution in [2.24, 2.45) is 0 Å². The van der Waals surface area contributed by atoms with E-state index in [4.69, 9.17) is 4.74 Å². The minimum Gasteiger partial charge on any atom is -0.491 e. The molecule has 94 valence electrons. The quantitative estimate of drug-likeness (QED) is 0.814. The molecule has 0 aliphatic heterocycles. The van der Waals surface area contributed by atoms with Crippen LogP contribution >= 0.6 is 0 Å². The summed E-state index contributed by atoms with van der Waals surface area (Å²) >= 11 is 0. The van der Waals surface area contributed by atoms with Crippen molar-refractivity contribution in [1.82, 2.24) is 20.2 Å². The van der Waals surface area contributed by atoms with E-state index in [1.54, 1.807) is 0 Å². The van der Waals surface area contributed by atoms with Crippen LogP contribution in [0.4, 0.5) is 0 Å². The fourth-order valence-corrected chi connectivity index (χ4v) is 1.45. The molecule has 0 saturated carbocycles. The number of nitrogens with zero attached hydrogens (tertiary/aromatic N) is 4. The zero-order valence-corrected chi connectivity index (χ0v) is 9.81. The second kappa shape index (κ2) is 5.92. The second-order valence-electron chi connectivity index (χ2n) is 3.70. The van der Waals surface area contributed by atoms with E-state index in [0.29, 0.717) is 5.82 Å². The van der Waals surface area contributed by atoms with Gasteiger partial charge in [0.1, 0.15) is 18.5 Å². The van der Waals surface area contributed by atoms with E-state index in [9.17, 15) is 5.11 Å². The zero-order chi connectivity index (χ0) is 12.8. The molecule has 1 unspecified atom stereocenters. The highest BCUT2D eigenvalue weighted by atomic mass is 16.5. The Morgan fingerprint density at radius 2 is 2.17 bits per heavy atom. The van der Waals surface area contributed by atoms with Crippen LogP contribution in [0.1, 0.15) is 5.82 Å². The van der Waals surface area contributed by atoms with E-state index in [1.165, 1.54) is 10.8 Å². The molecule has 2 aromatic rings. The van der Waals surface area contributed by atoms with Gasteiger partial charge in [-0.2, -0.15) is 0 Å². The van der Waals surface area contributed by atoms with E-state index < -0.39 is 6.10 Å². The van der Waals surface area contributed by atoms with Crippen LogP contribution in [0.25, 0.3) is 6.08 Å². The number of benzene rings is 1. The van der Waals surface area contributed by atoms with Crippen LogP contribution in [0.15, 0.2) is 36.9 Å². The van der Waals surface area contributed by atoms with Gasteiger partial charge in [-0.15, -0.1) is 5.10 Å². The normalized spacial score (nSPS) is 12.1. The Hall–Kier alpha value is -2.21. The van der Waals surface area contributed by atoms with Crippen molar-refractivity contribution in [3.05, 3.63) is 42.7 Å². The summed E-state index contributed by atoms with van der Waals surface area (Å²) in [6.45, 7) is 4.03. The number of hydrogen-bond acceptors (Lipinski definition) is 5. The number of aromatic nitrogens is 4. The molecule has 1 aromatic carbocycles. The average molecular weight is 246 g/mol. The van der Waals surface area contributed by atoms with Crippen molar-refractivity contribution in [2.45, 2.75) is 12.6 Å². The maximum atomic E-state index is 9.83. The molecule has 0 amide bonds. The Morgan fingerprint density at radius 3 is 2.89 bits per heavy atom. The largest absolute Gasteiger partial charge is 0.491 e. The van der Waals surface area contributed by atoms with Crippen LogP contribution in [-0.2, 0) is 6.54 Å². The molecule has 1 N–H and O–H groups in total. The number of aliphatic hydroxyl groups is 1. The smallest absolute Gasteiger partial charge is 0.174 e. The van der Waals surface area contributed by atoms with Gasteiger partial charge < -0.3 is 9.84 Å². The number of rotatable bonds is 6. The molecule has 0 aliphatic rings. The molecule has 1 aromatic heterocycles. The van der Waals surface area contributed by atoms with E-state index >= 15 is 0 Å². The van der Waals surface area contributed by atoms with Crippen molar-refractivity contribution in [3.63, 3.8) is 0 Å². The highest BCUT2D eigenvalue weighted by Crippen LogP contribution is 2.09. The minimum atomic E-state index is -0.688. The third-order valence-electron chi connectivity index (χ3n) is 2.31. The molecule has 6 heteroatoms. The standard InChI is InChI=1S/C12H14N4O2/c1-2-12-13-14-15-16(12)8-10(17)9-18-11-6-4-3-5-7-11/h2-7,10,17H,1,8-9H2. The van der Waals surface area contributed by atoms with Gasteiger partial charge >= 0.3 is 0 Å². The Morgan fingerprint density at radius 1 is 1.39 bits per heavy atom. The molecule has 1 atom stereocenters. The maximum Gasteiger partial charge on any atom is 0.174 e. The number of tetrazole rings is 1. The topological polar surface area (TPSA) is 73.1 Å². The van der Waals surface area contributed by atoms with Gasteiger partial charge in [-0.05, 0) is 28.6 Å². The van der Waals surface area contributed by atoms with Crippen molar-refractivity contribution in [1.29, 1.82) is 0 Å². The van der Waals surface area contributed by atoms with Gasteiger partial charge in [0.05, 0.1) is 6.54 Å². The zero-order valence-electron chi connectivity index (χ0n) is 9.81. The Labute approximate surface area is 105 Å². The molecule has 2 rings (SSSR count). The molecular weight excluding hydrogens is 232 g/mol. The predicted molar refractivity (Wildman–Crippen MR) is 65.9 cm³/mol. The number of aliphatic hydroxyl groups excluding tert-OH is 1. The summed E-state index contributed by atoms with van der Waals surface area (Å²) in [6.07, 6.45) is 0.845. The van der Waals surface area contributed by atoms with Gasteiger partial charge in [0.2, 0.25) is 0 Å². The molecule has 0 bridgehead atoms. The predicted octanol–water partition coefficient (Wildman–Crippen LogP) is 0.756. The van der Waals surface area contributed by atoms with Crippen LogP contribution in [-0.4, -0.2) is 38.0 Å². The van der Waals surface area contributed by atoms with Gasteiger partial charge in [0.15, 0.2) is 5.82 Å². The van der Waals surface area contributed by atoms with Crippen LogP contribution < -0.4 is 4.74 Å². The van der Waals surface area contributed by atoms with Crippen molar-refractivity contribution >= 4 is 6.08 Å². The van der Waals surface area contributed by atoms with E-state index in [1.807, 2.05) is 30.3 Å². The first-order chi connectivity index (χ1) is 8.79. The van der Waals surface area contributed by atoms with E-state index in [0.717, 1.165) is 5.75 Å². The molecule has 0 saturated heterocycles. The lowest BCUT2D eigenvalue weighted by Crippen LogP contribution is -2.24. The van der Waals surface area contributed by atoms with Crippen molar-refractivity contribution < 1.29 is 9.84 Å². The lowest BCUT2D eigenvalue weighted by atomic mass is 10.3. The molecule has 0 radical (unpaired) electrons. The summed E-state index contributed by atoms with van der Waals surface area (Å²) in [4.78, 5) is 0. The summed E-state index contributed by atoms with van der Waals surface area (Å²) in [5.41, 5.74) is 0. The van der Waals surface area contributed by atoms with Gasteiger partial charge in [-0.25, -0.2) is 4.68 Å². The molecule has 1 heterocycles. The van der Waals surface area contributed by atoms with Crippen LogP contribution in [0, 0.1) is 0 Å². The highest BCUT2D eigenvalue weighted by Gasteiger charge is 2.10. The van der Waals surface area contributed by atoms with Crippen molar-refractivity contribution in [3.8, 4) is 5.75 Å². The van der Waals surface area contributed by atoms with Gasteiger partial charge in [-0.1, -0.05) is 24.8 Å². The summed E-state index contributed by atoms with van der Waals surface area (Å²) in [7, 11) is 0. The fraction of sp³-hybridized carbons (Fsp3) is 0.250. The number of ether oxygens (including phenoxy) is 1. The minimum absolute atomic E-state index is 0.181. The molecule has 18 heavy (non-hydrogen) atoms. The summed E-state index contributed by atoms with van der Waals surface area (Å²) in [6, 6.07) is 9.32. The molecule has 0 aliphatic carbocycles. The molecule has 0 spiro atoms. The number of hydrogen-bond donors (Lipinski definition) is 1. The average Bonchev–Trinajstić information content (AvgIpc) is 2.85. The lowest BCUT2D eigenvalue weighted by Gasteiger charge is -2.12. The summed E-state index contributed by atoms with van der Waals surface area (Å²) < 4.78 is 6.91. The molecule has 6 nitrogen and oxygen atoms in total. The summed E-state index contributed by atoms with van der Waals surface area (Å²) in [5.74, 6) is 1.24. The monoisotopic (exact) mass is 246 g/mol. The third-order valence-corrected chi connectivity index (χ3v) is 2.31. The van der Waals surface area contributed by atoms with Crippen LogP contribution in [0.2, 0.25) is 0 Å². The lowest BCUT2D eigenvalue weighted by molar-refractivity contribution is 0.0886. The Kier molecular flexibility index (Phi) is 4.03. The van der Waals surface area contributed by atoms with Gasteiger partial charge in [0.25, 0.3) is 0 Å². The SMILES string of the molecule is C=Cc1nnnn1CC(O)COc1ccccc1. The van der Waals surface area contributed by atoms with Gasteiger partial charge in [-0.3, -0.25) is 0 Å². The summed E-state index contributed by atoms with van der Waals surface area (Å²) in [5, 5.41) is 20.8. The molecular formula is C12H14N4O2. The van der Waals surface area contributed by atoms with Gasteiger partial charge in [0, 0.05) is 0 Å².